The summed E-state index contributed by atoms with van der Waals surface area (Å²) in [5.41, 5.74) is 0.0442. The Balaban J connectivity index is 3.06. The normalized spacial score (nSPS) is 10.4. The first-order chi connectivity index (χ1) is 9.56. The SMILES string of the molecule is CCCCOc1ccc(Br)c(C(=O)N(CC)CC)c1F. The van der Waals surface area contributed by atoms with Crippen molar-refractivity contribution in [2.75, 3.05) is 19.7 Å². The highest BCUT2D eigenvalue weighted by Crippen LogP contribution is 2.29. The van der Waals surface area contributed by atoms with Crippen LogP contribution in [0.4, 0.5) is 4.39 Å². The van der Waals surface area contributed by atoms with Gasteiger partial charge in [0.05, 0.1) is 12.2 Å². The molecule has 0 atom stereocenters. The second kappa shape index (κ2) is 8.25. The summed E-state index contributed by atoms with van der Waals surface area (Å²) in [6.07, 6.45) is 1.83. The first-order valence-electron chi connectivity index (χ1n) is 6.96. The first-order valence-corrected chi connectivity index (χ1v) is 7.76. The predicted octanol–water partition coefficient (Wildman–Crippen LogP) is 4.25. The van der Waals surface area contributed by atoms with Gasteiger partial charge in [0.1, 0.15) is 0 Å². The number of carbonyl (C=O) groups is 1. The van der Waals surface area contributed by atoms with E-state index in [-0.39, 0.29) is 17.2 Å². The topological polar surface area (TPSA) is 29.5 Å². The smallest absolute Gasteiger partial charge is 0.258 e. The summed E-state index contributed by atoms with van der Waals surface area (Å²) >= 11 is 3.25. The Morgan fingerprint density at radius 3 is 2.50 bits per heavy atom. The molecular weight excluding hydrogens is 325 g/mol. The Bertz CT molecular complexity index is 461. The van der Waals surface area contributed by atoms with Crippen molar-refractivity contribution in [3.63, 3.8) is 0 Å². The fourth-order valence-electron chi connectivity index (χ4n) is 1.84. The van der Waals surface area contributed by atoms with Crippen LogP contribution in [0, 0.1) is 5.82 Å². The van der Waals surface area contributed by atoms with Gasteiger partial charge in [0.2, 0.25) is 0 Å². The molecule has 1 aromatic carbocycles. The number of carbonyl (C=O) groups excluding carboxylic acids is 1. The van der Waals surface area contributed by atoms with Crippen LogP contribution in [0.1, 0.15) is 44.0 Å². The molecular formula is C15H21BrFNO2. The van der Waals surface area contributed by atoms with Crippen LogP contribution in [0.25, 0.3) is 0 Å². The van der Waals surface area contributed by atoms with E-state index in [9.17, 15) is 9.18 Å². The maximum Gasteiger partial charge on any atom is 0.258 e. The van der Waals surface area contributed by atoms with Crippen LogP contribution in [0.15, 0.2) is 16.6 Å². The number of amides is 1. The predicted molar refractivity (Wildman–Crippen MR) is 81.8 cm³/mol. The van der Waals surface area contributed by atoms with E-state index in [4.69, 9.17) is 4.74 Å². The molecule has 20 heavy (non-hydrogen) atoms. The summed E-state index contributed by atoms with van der Waals surface area (Å²) in [6.45, 7) is 7.32. The summed E-state index contributed by atoms with van der Waals surface area (Å²) in [4.78, 5) is 13.9. The molecule has 0 saturated heterocycles. The summed E-state index contributed by atoms with van der Waals surface area (Å²) in [7, 11) is 0. The van der Waals surface area contributed by atoms with E-state index in [1.54, 1.807) is 17.0 Å². The van der Waals surface area contributed by atoms with Crippen molar-refractivity contribution in [2.24, 2.45) is 0 Å². The average Bonchev–Trinajstić information content (AvgIpc) is 2.43. The molecule has 0 fully saturated rings. The third-order valence-electron chi connectivity index (χ3n) is 3.08. The van der Waals surface area contributed by atoms with Gasteiger partial charge in [0, 0.05) is 17.6 Å². The average molecular weight is 346 g/mol. The van der Waals surface area contributed by atoms with Crippen molar-refractivity contribution in [1.82, 2.24) is 4.90 Å². The van der Waals surface area contributed by atoms with Gasteiger partial charge < -0.3 is 9.64 Å². The molecule has 0 aliphatic rings. The van der Waals surface area contributed by atoms with E-state index in [0.717, 1.165) is 12.8 Å². The molecule has 0 spiro atoms. The number of nitrogens with zero attached hydrogens (tertiary/aromatic N) is 1. The van der Waals surface area contributed by atoms with Crippen LogP contribution in [0.5, 0.6) is 5.75 Å². The summed E-state index contributed by atoms with van der Waals surface area (Å²) < 4.78 is 20.3. The first kappa shape index (κ1) is 17.0. The second-order valence-electron chi connectivity index (χ2n) is 4.41. The van der Waals surface area contributed by atoms with Crippen molar-refractivity contribution >= 4 is 21.8 Å². The lowest BCUT2D eigenvalue weighted by molar-refractivity contribution is 0.0766. The van der Waals surface area contributed by atoms with Crippen LogP contribution in [0.2, 0.25) is 0 Å². The van der Waals surface area contributed by atoms with Gasteiger partial charge in [0.25, 0.3) is 5.91 Å². The molecule has 5 heteroatoms. The van der Waals surface area contributed by atoms with Crippen LogP contribution < -0.4 is 4.74 Å². The van der Waals surface area contributed by atoms with Gasteiger partial charge in [-0.1, -0.05) is 13.3 Å². The third-order valence-corrected chi connectivity index (χ3v) is 3.74. The second-order valence-corrected chi connectivity index (χ2v) is 5.27. The lowest BCUT2D eigenvalue weighted by atomic mass is 10.1. The van der Waals surface area contributed by atoms with Crippen LogP contribution in [-0.2, 0) is 0 Å². The molecule has 0 bridgehead atoms. The molecule has 0 saturated carbocycles. The minimum absolute atomic E-state index is 0.0442. The fourth-order valence-corrected chi connectivity index (χ4v) is 2.31. The maximum absolute atomic E-state index is 14.4. The largest absolute Gasteiger partial charge is 0.490 e. The quantitative estimate of drug-likeness (QED) is 0.691. The lowest BCUT2D eigenvalue weighted by Gasteiger charge is -2.20. The Morgan fingerprint density at radius 2 is 1.95 bits per heavy atom. The van der Waals surface area contributed by atoms with Gasteiger partial charge in [0.15, 0.2) is 11.6 Å². The Labute approximate surface area is 128 Å². The van der Waals surface area contributed by atoms with Gasteiger partial charge in [-0.25, -0.2) is 4.39 Å². The number of benzene rings is 1. The highest BCUT2D eigenvalue weighted by molar-refractivity contribution is 9.10. The number of hydrogen-bond donors (Lipinski definition) is 0. The summed E-state index contributed by atoms with van der Waals surface area (Å²) in [5.74, 6) is -0.773. The zero-order chi connectivity index (χ0) is 15.1. The number of rotatable bonds is 7. The molecule has 0 aliphatic heterocycles. The Morgan fingerprint density at radius 1 is 1.30 bits per heavy atom. The van der Waals surface area contributed by atoms with Crippen molar-refractivity contribution in [1.29, 1.82) is 0 Å². The van der Waals surface area contributed by atoms with E-state index in [0.29, 0.717) is 24.2 Å². The van der Waals surface area contributed by atoms with Crippen molar-refractivity contribution < 1.29 is 13.9 Å². The highest BCUT2D eigenvalue weighted by Gasteiger charge is 2.23. The van der Waals surface area contributed by atoms with Gasteiger partial charge in [-0.2, -0.15) is 0 Å². The maximum atomic E-state index is 14.4. The van der Waals surface area contributed by atoms with Crippen molar-refractivity contribution in [2.45, 2.75) is 33.6 Å². The van der Waals surface area contributed by atoms with E-state index in [2.05, 4.69) is 15.9 Å². The molecule has 0 heterocycles. The van der Waals surface area contributed by atoms with E-state index < -0.39 is 5.82 Å². The number of ether oxygens (including phenoxy) is 1. The summed E-state index contributed by atoms with van der Waals surface area (Å²) in [6, 6.07) is 3.20. The molecule has 1 rings (SSSR count). The zero-order valence-electron chi connectivity index (χ0n) is 12.2. The highest BCUT2D eigenvalue weighted by atomic mass is 79.9. The number of halogens is 2. The van der Waals surface area contributed by atoms with Gasteiger partial charge in [-0.3, -0.25) is 4.79 Å². The number of hydrogen-bond acceptors (Lipinski definition) is 2. The van der Waals surface area contributed by atoms with E-state index in [1.807, 2.05) is 20.8 Å². The van der Waals surface area contributed by atoms with Gasteiger partial charge in [-0.05, 0) is 48.3 Å². The minimum Gasteiger partial charge on any atom is -0.490 e. The fraction of sp³-hybridized carbons (Fsp3) is 0.533. The molecule has 0 aromatic heterocycles. The standard InChI is InChI=1S/C15H21BrFNO2/c1-4-7-10-20-12-9-8-11(16)13(14(12)17)15(19)18(5-2)6-3/h8-9H,4-7,10H2,1-3H3. The van der Waals surface area contributed by atoms with Crippen LogP contribution in [0.3, 0.4) is 0 Å². The van der Waals surface area contributed by atoms with Gasteiger partial charge in [-0.15, -0.1) is 0 Å². The van der Waals surface area contributed by atoms with E-state index in [1.165, 1.54) is 0 Å². The lowest BCUT2D eigenvalue weighted by Crippen LogP contribution is -2.31. The Hall–Kier alpha value is -1.10. The van der Waals surface area contributed by atoms with Crippen molar-refractivity contribution in [3.8, 4) is 5.75 Å². The van der Waals surface area contributed by atoms with Crippen LogP contribution in [-0.4, -0.2) is 30.5 Å². The third kappa shape index (κ3) is 3.95. The molecule has 0 radical (unpaired) electrons. The zero-order valence-corrected chi connectivity index (χ0v) is 13.8. The molecule has 0 aliphatic carbocycles. The molecule has 0 N–H and O–H groups in total. The molecule has 1 amide bonds. The molecule has 0 unspecified atom stereocenters. The molecule has 112 valence electrons. The van der Waals surface area contributed by atoms with Crippen molar-refractivity contribution in [3.05, 3.63) is 28.0 Å². The number of unbranched alkanes of at least 4 members (excludes halogenated alkanes) is 1. The van der Waals surface area contributed by atoms with Crippen LogP contribution >= 0.6 is 15.9 Å². The molecule has 3 nitrogen and oxygen atoms in total. The minimum atomic E-state index is -0.590. The summed E-state index contributed by atoms with van der Waals surface area (Å²) in [5, 5.41) is 0. The van der Waals surface area contributed by atoms with Gasteiger partial charge >= 0.3 is 0 Å². The van der Waals surface area contributed by atoms with E-state index >= 15 is 0 Å². The Kier molecular flexibility index (Phi) is 6.99. The molecule has 1 aromatic rings. The monoisotopic (exact) mass is 345 g/mol.